The van der Waals surface area contributed by atoms with Crippen LogP contribution in [0.1, 0.15) is 43.4 Å². The van der Waals surface area contributed by atoms with Crippen LogP contribution in [0.25, 0.3) is 6.08 Å². The zero-order valence-electron chi connectivity index (χ0n) is 30.9. The van der Waals surface area contributed by atoms with E-state index in [1.165, 1.54) is 54.2 Å². The molecular weight excluding hydrogens is 814 g/mol. The van der Waals surface area contributed by atoms with Gasteiger partial charge in [-0.15, -0.1) is 11.8 Å². The van der Waals surface area contributed by atoms with E-state index in [4.69, 9.17) is 38.7 Å². The predicted octanol–water partition coefficient (Wildman–Crippen LogP) is 4.64. The Morgan fingerprint density at radius 2 is 1.86 bits per heavy atom. The molecule has 3 aromatic rings. The number of benzene rings is 2. The van der Waals surface area contributed by atoms with Crippen LogP contribution in [0.2, 0.25) is 0 Å². The van der Waals surface area contributed by atoms with Crippen LogP contribution in [0.5, 0.6) is 0 Å². The van der Waals surface area contributed by atoms with Gasteiger partial charge in [0.2, 0.25) is 12.2 Å². The number of thioether (sulfide) groups is 1. The molecule has 2 heterocycles. The fraction of sp³-hybridized carbons (Fsp3) is 0.389. The minimum absolute atomic E-state index is 0.125. The highest BCUT2D eigenvalue weighted by Crippen LogP contribution is 2.42. The second kappa shape index (κ2) is 21.6. The Labute approximate surface area is 334 Å². The third-order valence-corrected chi connectivity index (χ3v) is 10.0. The van der Waals surface area contributed by atoms with Gasteiger partial charge in [0, 0.05) is 42.3 Å². The molecule has 1 fully saturated rings. The van der Waals surface area contributed by atoms with Crippen LogP contribution in [0.4, 0.5) is 18.0 Å². The molecule has 1 unspecified atom stereocenters. The Morgan fingerprint density at radius 1 is 1.10 bits per heavy atom. The predicted molar refractivity (Wildman–Crippen MR) is 197 cm³/mol. The number of ether oxygens (including phenoxy) is 5. The lowest BCUT2D eigenvalue weighted by Crippen LogP contribution is -2.47. The maximum absolute atomic E-state index is 15.7. The highest BCUT2D eigenvalue weighted by molar-refractivity contribution is 8.00. The maximum atomic E-state index is 15.7. The Balaban J connectivity index is 1.41. The normalized spacial score (nSPS) is 17.9. The number of hydrogen-bond acceptors (Lipinski definition) is 14. The summed E-state index contributed by atoms with van der Waals surface area (Å²) in [5.41, 5.74) is -1.74. The molecule has 312 valence electrons. The number of esters is 1. The van der Waals surface area contributed by atoms with Gasteiger partial charge in [-0.1, -0.05) is 24.3 Å². The Bertz CT molecular complexity index is 2020. The molecule has 1 saturated heterocycles. The van der Waals surface area contributed by atoms with Crippen LogP contribution in [0, 0.1) is 28.8 Å². The van der Waals surface area contributed by atoms with Gasteiger partial charge in [-0.3, -0.25) is 14.1 Å². The number of halogens is 3. The van der Waals surface area contributed by atoms with E-state index < -0.39 is 85.0 Å². The van der Waals surface area contributed by atoms with Crippen LogP contribution in [-0.4, -0.2) is 92.0 Å². The molecule has 0 aliphatic carbocycles. The first-order valence-corrected chi connectivity index (χ1v) is 19.8. The number of phosphoric acid groups is 1. The highest BCUT2D eigenvalue weighted by Gasteiger charge is 2.47. The third-order valence-electron chi connectivity index (χ3n) is 8.05. The van der Waals surface area contributed by atoms with Crippen molar-refractivity contribution in [3.8, 4) is 6.07 Å². The van der Waals surface area contributed by atoms with Gasteiger partial charge in [-0.05, 0) is 37.3 Å². The van der Waals surface area contributed by atoms with Gasteiger partial charge < -0.3 is 38.8 Å². The first-order valence-electron chi connectivity index (χ1n) is 17.3. The average Bonchev–Trinajstić information content (AvgIpc) is 3.67. The number of hydrogen-bond donors (Lipinski definition) is 3. The number of phosphoric ester groups is 1. The van der Waals surface area contributed by atoms with E-state index in [2.05, 4.69) is 19.9 Å². The van der Waals surface area contributed by atoms with Crippen molar-refractivity contribution in [1.29, 1.82) is 5.26 Å². The van der Waals surface area contributed by atoms with Crippen molar-refractivity contribution in [3.05, 3.63) is 101 Å². The molecular formula is C36H39F3N5O12PS. The molecule has 3 atom stereocenters. The number of nitrogens with zero attached hydrogens (tertiary/aromatic N) is 4. The number of nitrogens with one attached hydrogen (secondary N) is 1. The van der Waals surface area contributed by atoms with Crippen molar-refractivity contribution in [2.75, 3.05) is 26.4 Å². The molecule has 1 aromatic heterocycles. The number of amides is 1. The van der Waals surface area contributed by atoms with Crippen LogP contribution < -0.4 is 5.32 Å². The first-order chi connectivity index (χ1) is 27.6. The summed E-state index contributed by atoms with van der Waals surface area (Å²) in [4.78, 5) is 59.0. The summed E-state index contributed by atoms with van der Waals surface area (Å²) in [6.07, 6.45) is 4.21. The van der Waals surface area contributed by atoms with E-state index >= 15 is 4.39 Å². The van der Waals surface area contributed by atoms with Crippen molar-refractivity contribution in [1.82, 2.24) is 20.1 Å². The largest absolute Gasteiger partial charge is 0.512 e. The van der Waals surface area contributed by atoms with E-state index in [0.29, 0.717) is 6.07 Å². The second-order valence-corrected chi connectivity index (χ2v) is 15.2. The molecule has 0 spiro atoms. The minimum Gasteiger partial charge on any atom is -0.425 e. The van der Waals surface area contributed by atoms with E-state index in [1.807, 2.05) is 6.07 Å². The molecule has 0 saturated carbocycles. The van der Waals surface area contributed by atoms with Gasteiger partial charge >= 0.3 is 19.9 Å². The SMILES string of the molecule is CC(OC(=O)CCC(=O)NCCOP(=O)(O)O)OC(=O)O[C@@](Cn1cncn1)(c1ccc(F)cc1F)[C@@H](C)SC1COC(/C=C/C=C/c2ccc(C#N)cc2F)OC1. The Hall–Kier alpha value is -5.07. The minimum atomic E-state index is -4.71. The maximum Gasteiger partial charge on any atom is 0.512 e. The Morgan fingerprint density at radius 3 is 2.52 bits per heavy atom. The highest BCUT2D eigenvalue weighted by atomic mass is 32.2. The summed E-state index contributed by atoms with van der Waals surface area (Å²) in [6.45, 7) is 2.01. The number of carbonyl (C=O) groups is 3. The van der Waals surface area contributed by atoms with Crippen molar-refractivity contribution < 1.29 is 70.1 Å². The zero-order valence-corrected chi connectivity index (χ0v) is 32.7. The van der Waals surface area contributed by atoms with E-state index in [1.54, 1.807) is 25.2 Å². The molecule has 3 N–H and O–H groups in total. The lowest BCUT2D eigenvalue weighted by molar-refractivity contribution is -0.172. The van der Waals surface area contributed by atoms with Crippen LogP contribution in [0.3, 0.4) is 0 Å². The lowest BCUT2D eigenvalue weighted by atomic mass is 9.89. The van der Waals surface area contributed by atoms with Crippen LogP contribution >= 0.6 is 19.6 Å². The van der Waals surface area contributed by atoms with Gasteiger partial charge in [0.05, 0.1) is 49.7 Å². The average molecular weight is 854 g/mol. The summed E-state index contributed by atoms with van der Waals surface area (Å²) >= 11 is 1.20. The molecule has 0 bridgehead atoms. The molecule has 1 aliphatic heterocycles. The summed E-state index contributed by atoms with van der Waals surface area (Å²) < 4.78 is 88.1. The zero-order chi connectivity index (χ0) is 42.3. The fourth-order valence-corrected chi connectivity index (χ4v) is 7.05. The molecule has 0 radical (unpaired) electrons. The van der Waals surface area contributed by atoms with Gasteiger partial charge in [0.1, 0.15) is 30.1 Å². The summed E-state index contributed by atoms with van der Waals surface area (Å²) in [5.74, 6) is -4.11. The summed E-state index contributed by atoms with van der Waals surface area (Å²) in [7, 11) is -4.71. The number of rotatable bonds is 19. The van der Waals surface area contributed by atoms with Crippen molar-refractivity contribution >= 4 is 43.7 Å². The lowest BCUT2D eigenvalue weighted by Gasteiger charge is -2.40. The first kappa shape index (κ1) is 45.6. The van der Waals surface area contributed by atoms with Crippen molar-refractivity contribution in [2.24, 2.45) is 0 Å². The third kappa shape index (κ3) is 14.4. The van der Waals surface area contributed by atoms with Crippen molar-refractivity contribution in [3.63, 3.8) is 0 Å². The standard InChI is InChI=1S/C36H39F3N5O12PS/c1-23(58-28-18-51-34(52-19-28)6-4-3-5-26-8-7-25(17-40)15-30(26)38)36(20-44-22-41-21-43-44,29-10-9-27(37)16-31(29)39)56-35(47)55-24(2)54-33(46)12-11-32(45)42-13-14-53-57(48,49)50/h3-10,15-16,21-24,28,34H,11-14,18-20H2,1-2H3,(H,42,45)(H2,48,49,50)/b5-3+,6-4+/t23-,24?,28?,34?,36-/m1/s1. The second-order valence-electron chi connectivity index (χ2n) is 12.3. The number of allylic oxidation sites excluding steroid dienone is 2. The van der Waals surface area contributed by atoms with Gasteiger partial charge in [0.15, 0.2) is 11.9 Å². The van der Waals surface area contributed by atoms with Gasteiger partial charge in [-0.2, -0.15) is 10.4 Å². The molecule has 4 rings (SSSR count). The Kier molecular flexibility index (Phi) is 17.0. The monoisotopic (exact) mass is 853 g/mol. The van der Waals surface area contributed by atoms with Crippen LogP contribution in [-0.2, 0) is 54.5 Å². The van der Waals surface area contributed by atoms with Gasteiger partial charge in [0.25, 0.3) is 0 Å². The van der Waals surface area contributed by atoms with Crippen molar-refractivity contribution in [2.45, 2.75) is 61.9 Å². The van der Waals surface area contributed by atoms with Crippen LogP contribution in [0.15, 0.2) is 67.3 Å². The molecule has 22 heteroatoms. The molecule has 1 aliphatic rings. The smallest absolute Gasteiger partial charge is 0.425 e. The van der Waals surface area contributed by atoms with E-state index in [-0.39, 0.29) is 49.4 Å². The topological polar surface area (TPSA) is 231 Å². The summed E-state index contributed by atoms with van der Waals surface area (Å²) in [5, 5.41) is 14.0. The summed E-state index contributed by atoms with van der Waals surface area (Å²) in [6, 6.07) is 8.69. The van der Waals surface area contributed by atoms with E-state index in [9.17, 15) is 27.7 Å². The molecule has 2 aromatic carbocycles. The number of aromatic nitrogens is 3. The molecule has 17 nitrogen and oxygen atoms in total. The molecule has 58 heavy (non-hydrogen) atoms. The van der Waals surface area contributed by atoms with E-state index in [0.717, 1.165) is 18.2 Å². The number of carbonyl (C=O) groups excluding carboxylic acids is 3. The quantitative estimate of drug-likeness (QED) is 0.0490. The number of nitriles is 1. The molecule has 1 amide bonds. The fourth-order valence-electron chi connectivity index (χ4n) is 5.36. The van der Waals surface area contributed by atoms with Gasteiger partial charge in [-0.25, -0.2) is 32.2 Å².